The average molecular weight is 438 g/mol. The van der Waals surface area contributed by atoms with Crippen LogP contribution in [0.4, 0.5) is 5.69 Å². The quantitative estimate of drug-likeness (QED) is 0.569. The number of nitrogens with one attached hydrogen (secondary N) is 1. The first kappa shape index (κ1) is 21.7. The highest BCUT2D eigenvalue weighted by Gasteiger charge is 2.16. The molecule has 9 heteroatoms. The van der Waals surface area contributed by atoms with Crippen molar-refractivity contribution in [3.63, 3.8) is 0 Å². The van der Waals surface area contributed by atoms with Crippen molar-refractivity contribution in [2.24, 2.45) is 0 Å². The number of carboxylic acids is 1. The van der Waals surface area contributed by atoms with Gasteiger partial charge in [0, 0.05) is 17.8 Å². The molecule has 3 aromatic rings. The van der Waals surface area contributed by atoms with Gasteiger partial charge >= 0.3 is 5.97 Å². The van der Waals surface area contributed by atoms with Gasteiger partial charge in [0.05, 0.1) is 30.4 Å². The Hall–Kier alpha value is -4.03. The normalized spacial score (nSPS) is 10.5. The van der Waals surface area contributed by atoms with Crippen LogP contribution in [-0.2, 0) is 10.0 Å². The number of carbonyl (C=O) groups is 1. The van der Waals surface area contributed by atoms with E-state index in [0.29, 0.717) is 22.6 Å². The lowest BCUT2D eigenvalue weighted by atomic mass is 10.1. The van der Waals surface area contributed by atoms with E-state index in [-0.39, 0.29) is 16.3 Å². The van der Waals surface area contributed by atoms with Crippen LogP contribution in [0.25, 0.3) is 0 Å². The maximum absolute atomic E-state index is 12.7. The first-order valence-corrected chi connectivity index (χ1v) is 10.4. The zero-order valence-corrected chi connectivity index (χ0v) is 17.4. The minimum absolute atomic E-state index is 0.0752. The smallest absolute Gasteiger partial charge is 0.354 e. The molecule has 1 heterocycles. The van der Waals surface area contributed by atoms with Crippen LogP contribution in [0.2, 0.25) is 0 Å². The highest BCUT2D eigenvalue weighted by molar-refractivity contribution is 7.92. The van der Waals surface area contributed by atoms with E-state index in [4.69, 9.17) is 14.6 Å². The monoisotopic (exact) mass is 438 g/mol. The summed E-state index contributed by atoms with van der Waals surface area (Å²) in [6.45, 7) is 0. The van der Waals surface area contributed by atoms with Gasteiger partial charge in [0.25, 0.3) is 10.0 Å². The zero-order chi connectivity index (χ0) is 22.4. The fourth-order valence-electron chi connectivity index (χ4n) is 2.59. The van der Waals surface area contributed by atoms with Gasteiger partial charge in [-0.25, -0.2) is 18.2 Å². The summed E-state index contributed by atoms with van der Waals surface area (Å²) in [5.74, 6) is 5.33. The molecule has 0 aliphatic rings. The van der Waals surface area contributed by atoms with Crippen molar-refractivity contribution in [1.29, 1.82) is 0 Å². The molecule has 2 aromatic carbocycles. The molecule has 158 valence electrons. The van der Waals surface area contributed by atoms with Gasteiger partial charge in [-0.05, 0) is 36.4 Å². The van der Waals surface area contributed by atoms with Crippen LogP contribution in [0.1, 0.15) is 21.6 Å². The molecule has 0 saturated heterocycles. The van der Waals surface area contributed by atoms with Gasteiger partial charge in [-0.3, -0.25) is 4.72 Å². The highest BCUT2D eigenvalue weighted by atomic mass is 32.2. The van der Waals surface area contributed by atoms with Gasteiger partial charge in [-0.1, -0.05) is 24.0 Å². The summed E-state index contributed by atoms with van der Waals surface area (Å²) in [7, 11) is -0.959. The Balaban J connectivity index is 1.92. The Kier molecular flexibility index (Phi) is 6.43. The number of pyridine rings is 1. The molecule has 0 aliphatic carbocycles. The number of benzene rings is 2. The number of anilines is 1. The number of ether oxygens (including phenoxy) is 2. The number of para-hydroxylation sites is 1. The molecule has 0 fully saturated rings. The number of hydrogen-bond acceptors (Lipinski definition) is 6. The largest absolute Gasteiger partial charge is 0.497 e. The van der Waals surface area contributed by atoms with Crippen LogP contribution in [0, 0.1) is 11.8 Å². The fourth-order valence-corrected chi connectivity index (χ4v) is 3.67. The SMILES string of the molecule is COc1ccc(S(=O)(=O)Nc2ccccc2C#Cc2cnc(C(=O)O)cc2OC)cc1. The molecular weight excluding hydrogens is 420 g/mol. The Morgan fingerprint density at radius 3 is 2.32 bits per heavy atom. The van der Waals surface area contributed by atoms with Gasteiger partial charge in [0.15, 0.2) is 5.69 Å². The van der Waals surface area contributed by atoms with E-state index in [1.54, 1.807) is 36.4 Å². The van der Waals surface area contributed by atoms with E-state index in [2.05, 4.69) is 21.5 Å². The van der Waals surface area contributed by atoms with Crippen LogP contribution in [-0.4, -0.2) is 38.7 Å². The van der Waals surface area contributed by atoms with E-state index < -0.39 is 16.0 Å². The van der Waals surface area contributed by atoms with Crippen LogP contribution >= 0.6 is 0 Å². The fraction of sp³-hybridized carbons (Fsp3) is 0.0909. The number of nitrogens with zero attached hydrogens (tertiary/aromatic N) is 1. The van der Waals surface area contributed by atoms with E-state index in [1.165, 1.54) is 38.6 Å². The second-order valence-corrected chi connectivity index (χ2v) is 7.83. The lowest BCUT2D eigenvalue weighted by molar-refractivity contribution is 0.0690. The third kappa shape index (κ3) is 5.12. The minimum Gasteiger partial charge on any atom is -0.497 e. The molecule has 0 aliphatic heterocycles. The predicted molar refractivity (Wildman–Crippen MR) is 114 cm³/mol. The summed E-state index contributed by atoms with van der Waals surface area (Å²) in [6, 6.07) is 13.9. The summed E-state index contributed by atoms with van der Waals surface area (Å²) in [6.07, 6.45) is 1.29. The molecule has 0 unspecified atom stereocenters. The van der Waals surface area contributed by atoms with Crippen molar-refractivity contribution in [3.05, 3.63) is 77.6 Å². The van der Waals surface area contributed by atoms with Gasteiger partial charge in [0.2, 0.25) is 0 Å². The molecule has 0 bridgehead atoms. The first-order valence-electron chi connectivity index (χ1n) is 8.89. The number of sulfonamides is 1. The summed E-state index contributed by atoms with van der Waals surface area (Å²) < 4.78 is 38.3. The molecule has 0 atom stereocenters. The van der Waals surface area contributed by atoms with Crippen LogP contribution in [0.5, 0.6) is 11.5 Å². The number of rotatable bonds is 6. The van der Waals surface area contributed by atoms with Crippen molar-refractivity contribution in [2.45, 2.75) is 4.90 Å². The molecule has 0 spiro atoms. The Labute approximate surface area is 179 Å². The number of methoxy groups -OCH3 is 2. The molecule has 0 saturated carbocycles. The molecule has 2 N–H and O–H groups in total. The summed E-state index contributed by atoms with van der Waals surface area (Å²) in [5, 5.41) is 9.05. The predicted octanol–water partition coefficient (Wildman–Crippen LogP) is 3.00. The topological polar surface area (TPSA) is 115 Å². The molecule has 1 aromatic heterocycles. The molecular formula is C22H18N2O6S. The number of aromatic nitrogens is 1. The molecule has 0 amide bonds. The molecule has 3 rings (SSSR count). The third-order valence-corrected chi connectivity index (χ3v) is 5.56. The summed E-state index contributed by atoms with van der Waals surface area (Å²) in [4.78, 5) is 15.0. The standard InChI is InChI=1S/C22H18N2O6S/c1-29-17-9-11-18(12-10-17)31(27,28)24-19-6-4-3-5-15(19)7-8-16-14-23-20(22(25)26)13-21(16)30-2/h3-6,9-14,24H,1-2H3,(H,25,26). The van der Waals surface area contributed by atoms with Gasteiger partial charge in [-0.15, -0.1) is 0 Å². The maximum atomic E-state index is 12.7. The van der Waals surface area contributed by atoms with Crippen LogP contribution in [0.15, 0.2) is 65.7 Å². The van der Waals surface area contributed by atoms with Crippen LogP contribution < -0.4 is 14.2 Å². The highest BCUT2D eigenvalue weighted by Crippen LogP contribution is 2.22. The van der Waals surface area contributed by atoms with E-state index >= 15 is 0 Å². The van der Waals surface area contributed by atoms with E-state index in [0.717, 1.165) is 0 Å². The molecule has 0 radical (unpaired) electrons. The van der Waals surface area contributed by atoms with Crippen molar-refractivity contribution >= 4 is 21.7 Å². The Morgan fingerprint density at radius 1 is 1.00 bits per heavy atom. The number of aromatic carboxylic acids is 1. The summed E-state index contributed by atoms with van der Waals surface area (Å²) in [5.41, 5.74) is 0.902. The number of hydrogen-bond donors (Lipinski definition) is 2. The molecule has 8 nitrogen and oxygen atoms in total. The van der Waals surface area contributed by atoms with Crippen molar-refractivity contribution in [3.8, 4) is 23.3 Å². The van der Waals surface area contributed by atoms with E-state index in [9.17, 15) is 13.2 Å². The van der Waals surface area contributed by atoms with Gasteiger partial charge < -0.3 is 14.6 Å². The molecule has 31 heavy (non-hydrogen) atoms. The van der Waals surface area contributed by atoms with Crippen molar-refractivity contribution < 1.29 is 27.8 Å². The second kappa shape index (κ2) is 9.19. The second-order valence-electron chi connectivity index (χ2n) is 6.15. The third-order valence-electron chi connectivity index (χ3n) is 4.18. The maximum Gasteiger partial charge on any atom is 0.354 e. The average Bonchev–Trinajstić information content (AvgIpc) is 2.78. The van der Waals surface area contributed by atoms with Gasteiger partial charge in [0.1, 0.15) is 11.5 Å². The van der Waals surface area contributed by atoms with Crippen LogP contribution in [0.3, 0.4) is 0 Å². The van der Waals surface area contributed by atoms with Crippen molar-refractivity contribution in [2.75, 3.05) is 18.9 Å². The lowest BCUT2D eigenvalue weighted by Gasteiger charge is -2.10. The lowest BCUT2D eigenvalue weighted by Crippen LogP contribution is -2.13. The first-order chi connectivity index (χ1) is 14.8. The Morgan fingerprint density at radius 2 is 1.68 bits per heavy atom. The minimum atomic E-state index is -3.85. The Bertz CT molecular complexity index is 1280. The zero-order valence-electron chi connectivity index (χ0n) is 16.6. The van der Waals surface area contributed by atoms with E-state index in [1.807, 2.05) is 0 Å². The number of carboxylic acid groups (broad SMARTS) is 1. The van der Waals surface area contributed by atoms with Crippen molar-refractivity contribution in [1.82, 2.24) is 4.98 Å². The summed E-state index contributed by atoms with van der Waals surface area (Å²) >= 11 is 0. The van der Waals surface area contributed by atoms with Gasteiger partial charge in [-0.2, -0.15) is 0 Å².